The molecular weight excluding hydrogens is 773 g/mol. The highest BCUT2D eigenvalue weighted by Gasteiger charge is 2.38. The van der Waals surface area contributed by atoms with Crippen molar-refractivity contribution in [3.63, 3.8) is 0 Å². The van der Waals surface area contributed by atoms with Gasteiger partial charge in [0.2, 0.25) is 0 Å². The standard InChI is InChI=1S/C57H39N4O2/c1-3-13-38(14-4-1)56-58-57(60(59-56)35-36-25-27-37(28-26-36)42-19-11-20-45-44-18-8-10-23-51(44)63-55(42)45)46-21-12-24-53-54(46)48-34-40(30-32-52(48)62-53)39-29-31-50-47(33-39)43-17-7-9-22-49(43)61(50)41-15-5-2-6-16-41/h1-34,56-58H,35H2/q+1. The summed E-state index contributed by atoms with van der Waals surface area (Å²) in [4.78, 5) is 0. The molecule has 63 heavy (non-hydrogen) atoms. The Kier molecular flexibility index (Phi) is 8.08. The first kappa shape index (κ1) is 35.7. The first-order valence-corrected chi connectivity index (χ1v) is 21.5. The van der Waals surface area contributed by atoms with Crippen LogP contribution in [0.1, 0.15) is 29.0 Å². The van der Waals surface area contributed by atoms with Crippen LogP contribution in [0.3, 0.4) is 0 Å². The number of azo groups is 2. The van der Waals surface area contributed by atoms with E-state index in [0.717, 1.165) is 88.5 Å². The first-order valence-electron chi connectivity index (χ1n) is 21.5. The van der Waals surface area contributed by atoms with Crippen LogP contribution in [0.15, 0.2) is 220 Å². The summed E-state index contributed by atoms with van der Waals surface area (Å²) in [6.07, 6.45) is -0.428. The van der Waals surface area contributed by atoms with Crippen LogP contribution in [0.4, 0.5) is 0 Å². The van der Waals surface area contributed by atoms with Crippen molar-refractivity contribution in [1.29, 1.82) is 0 Å². The number of rotatable bonds is 7. The van der Waals surface area contributed by atoms with Gasteiger partial charge >= 0.3 is 0 Å². The van der Waals surface area contributed by atoms with Gasteiger partial charge in [0.05, 0.1) is 11.0 Å². The number of hydrogen-bond acceptors (Lipinski definition) is 4. The smallest absolute Gasteiger partial charge is 0.261 e. The van der Waals surface area contributed by atoms with Gasteiger partial charge in [0, 0.05) is 54.7 Å². The van der Waals surface area contributed by atoms with Crippen molar-refractivity contribution in [2.24, 2.45) is 5.11 Å². The Balaban J connectivity index is 0.889. The Morgan fingerprint density at radius 2 is 1.14 bits per heavy atom. The summed E-state index contributed by atoms with van der Waals surface area (Å²) in [5.74, 6) is 0. The fourth-order valence-electron chi connectivity index (χ4n) is 9.89. The lowest BCUT2D eigenvalue weighted by Crippen LogP contribution is -2.25. The van der Waals surface area contributed by atoms with Gasteiger partial charge in [-0.2, -0.15) is 0 Å². The largest absolute Gasteiger partial charge is 0.456 e. The van der Waals surface area contributed by atoms with Gasteiger partial charge in [0.15, 0.2) is 12.7 Å². The summed E-state index contributed by atoms with van der Waals surface area (Å²) in [6, 6.07) is 73.1. The molecule has 6 heteroatoms. The number of nitrogens with zero attached hydrogens (tertiary/aromatic N) is 3. The molecule has 9 aromatic carbocycles. The molecule has 0 fully saturated rings. The number of benzene rings is 9. The fraction of sp³-hybridized carbons (Fsp3) is 0.0526. The van der Waals surface area contributed by atoms with E-state index >= 15 is 0 Å². The SMILES string of the molecule is c1ccc(C2N=[N+](Cc3ccc(-c4cccc5c4oc4ccccc45)cc3)C(c3cccc4oc5ccc(-c6ccc7c(c6)c6ccccc6n7-c6ccccc6)cc5c34)N2)cc1. The first-order chi connectivity index (χ1) is 31.2. The molecule has 298 valence electrons. The van der Waals surface area contributed by atoms with E-state index in [9.17, 15) is 0 Å². The molecule has 0 spiro atoms. The molecule has 0 radical (unpaired) electrons. The molecule has 3 aromatic heterocycles. The summed E-state index contributed by atoms with van der Waals surface area (Å²) in [6.45, 7) is 0.615. The fourth-order valence-corrected chi connectivity index (χ4v) is 9.89. The van der Waals surface area contributed by atoms with Gasteiger partial charge < -0.3 is 13.4 Å². The van der Waals surface area contributed by atoms with E-state index in [1.165, 1.54) is 21.8 Å². The Morgan fingerprint density at radius 1 is 0.492 bits per heavy atom. The van der Waals surface area contributed by atoms with E-state index in [2.05, 4.69) is 209 Å². The lowest BCUT2D eigenvalue weighted by Gasteiger charge is -2.12. The number of aromatic nitrogens is 1. The molecular formula is C57H39N4O2+. The van der Waals surface area contributed by atoms with E-state index in [-0.39, 0.29) is 12.3 Å². The van der Waals surface area contributed by atoms with Gasteiger partial charge in [-0.25, -0.2) is 5.32 Å². The Morgan fingerprint density at radius 3 is 2.00 bits per heavy atom. The topological polar surface area (TPSA) is 58.6 Å². The maximum atomic E-state index is 6.61. The predicted molar refractivity (Wildman–Crippen MR) is 254 cm³/mol. The minimum Gasteiger partial charge on any atom is -0.456 e. The van der Waals surface area contributed by atoms with Gasteiger partial charge in [-0.3, -0.25) is 0 Å². The summed E-state index contributed by atoms with van der Waals surface area (Å²) in [5.41, 5.74) is 15.0. The van der Waals surface area contributed by atoms with E-state index in [1.54, 1.807) is 0 Å². The van der Waals surface area contributed by atoms with Crippen molar-refractivity contribution < 1.29 is 13.5 Å². The quantitative estimate of drug-likeness (QED) is 0.163. The number of nitrogens with one attached hydrogen (secondary N) is 1. The van der Waals surface area contributed by atoms with E-state index in [1.807, 2.05) is 12.1 Å². The summed E-state index contributed by atoms with van der Waals surface area (Å²) >= 11 is 0. The molecule has 4 heterocycles. The monoisotopic (exact) mass is 811 g/mol. The summed E-state index contributed by atoms with van der Waals surface area (Å²) in [7, 11) is 0. The molecule has 0 aliphatic carbocycles. The maximum absolute atomic E-state index is 6.61. The molecule has 2 unspecified atom stereocenters. The van der Waals surface area contributed by atoms with E-state index in [4.69, 9.17) is 13.9 Å². The van der Waals surface area contributed by atoms with Gasteiger partial charge in [-0.1, -0.05) is 150 Å². The van der Waals surface area contributed by atoms with Crippen molar-refractivity contribution in [3.8, 4) is 27.9 Å². The van der Waals surface area contributed by atoms with Gasteiger partial charge in [0.25, 0.3) is 6.17 Å². The molecule has 2 atom stereocenters. The highest BCUT2D eigenvalue weighted by atomic mass is 16.3. The molecule has 0 saturated heterocycles. The van der Waals surface area contributed by atoms with Gasteiger partial charge in [-0.05, 0) is 88.0 Å². The molecule has 1 aliphatic rings. The second kappa shape index (κ2) is 14.3. The normalized spacial score (nSPS) is 15.4. The average molecular weight is 812 g/mol. The molecule has 12 aromatic rings. The highest BCUT2D eigenvalue weighted by Crippen LogP contribution is 2.42. The molecule has 1 N–H and O–H groups in total. The van der Waals surface area contributed by atoms with Crippen LogP contribution < -0.4 is 5.32 Å². The van der Waals surface area contributed by atoms with Crippen LogP contribution in [-0.4, -0.2) is 9.26 Å². The van der Waals surface area contributed by atoms with Crippen molar-refractivity contribution in [1.82, 2.24) is 9.88 Å². The van der Waals surface area contributed by atoms with Crippen molar-refractivity contribution in [2.45, 2.75) is 18.9 Å². The minimum absolute atomic E-state index is 0.213. The maximum Gasteiger partial charge on any atom is 0.261 e. The van der Waals surface area contributed by atoms with Crippen LogP contribution >= 0.6 is 0 Å². The predicted octanol–water partition coefficient (Wildman–Crippen LogP) is 14.9. The summed E-state index contributed by atoms with van der Waals surface area (Å²) in [5, 5.41) is 16.2. The third-order valence-electron chi connectivity index (χ3n) is 12.8. The zero-order chi connectivity index (χ0) is 41.4. The van der Waals surface area contributed by atoms with Gasteiger partial charge in [0.1, 0.15) is 22.3 Å². The van der Waals surface area contributed by atoms with Crippen molar-refractivity contribution in [3.05, 3.63) is 223 Å². The molecule has 0 bridgehead atoms. The number of para-hydroxylation sites is 4. The van der Waals surface area contributed by atoms with E-state index < -0.39 is 0 Å². The van der Waals surface area contributed by atoms with Crippen molar-refractivity contribution >= 4 is 65.7 Å². The third-order valence-corrected chi connectivity index (χ3v) is 12.8. The Bertz CT molecular complexity index is 3750. The average Bonchev–Trinajstić information content (AvgIpc) is 4.12. The molecule has 0 saturated carbocycles. The second-order valence-electron chi connectivity index (χ2n) is 16.5. The molecule has 0 amide bonds. The number of hydrogen-bond donors (Lipinski definition) is 1. The Hall–Kier alpha value is -8.06. The lowest BCUT2D eigenvalue weighted by molar-refractivity contribution is -0.639. The zero-order valence-electron chi connectivity index (χ0n) is 34.1. The zero-order valence-corrected chi connectivity index (χ0v) is 34.1. The van der Waals surface area contributed by atoms with Crippen LogP contribution in [0.5, 0.6) is 0 Å². The Labute approximate surface area is 362 Å². The minimum atomic E-state index is -0.215. The van der Waals surface area contributed by atoms with Crippen molar-refractivity contribution in [2.75, 3.05) is 0 Å². The summed E-state index contributed by atoms with van der Waals surface area (Å²) < 4.78 is 17.6. The van der Waals surface area contributed by atoms with Crippen LogP contribution in [-0.2, 0) is 6.54 Å². The van der Waals surface area contributed by atoms with Crippen LogP contribution in [0.25, 0.3) is 93.6 Å². The van der Waals surface area contributed by atoms with Crippen LogP contribution in [0, 0.1) is 0 Å². The lowest BCUT2D eigenvalue weighted by atomic mass is 9.98. The third kappa shape index (κ3) is 5.83. The van der Waals surface area contributed by atoms with E-state index in [0.29, 0.717) is 6.54 Å². The van der Waals surface area contributed by atoms with Crippen LogP contribution in [0.2, 0.25) is 0 Å². The van der Waals surface area contributed by atoms with Gasteiger partial charge in [-0.15, -0.1) is 0 Å². The molecule has 1 aliphatic heterocycles. The highest BCUT2D eigenvalue weighted by molar-refractivity contribution is 6.12. The second-order valence-corrected chi connectivity index (χ2v) is 16.5. The molecule has 6 nitrogen and oxygen atoms in total. The number of furan rings is 2. The molecule has 13 rings (SSSR count). The number of fused-ring (bicyclic) bond motifs is 9.